The summed E-state index contributed by atoms with van der Waals surface area (Å²) in [6, 6.07) is 6.82. The van der Waals surface area contributed by atoms with Gasteiger partial charge in [-0.05, 0) is 31.9 Å². The third-order valence-corrected chi connectivity index (χ3v) is 3.22. The predicted molar refractivity (Wildman–Crippen MR) is 73.1 cm³/mol. The molecule has 1 aromatic heterocycles. The van der Waals surface area contributed by atoms with Crippen molar-refractivity contribution in [2.24, 2.45) is 0 Å². The minimum atomic E-state index is -0.343. The number of aromatic nitrogens is 2. The van der Waals surface area contributed by atoms with E-state index in [4.69, 9.17) is 4.74 Å². The van der Waals surface area contributed by atoms with E-state index in [-0.39, 0.29) is 11.8 Å². The Kier molecular flexibility index (Phi) is 3.60. The predicted octanol–water partition coefficient (Wildman–Crippen LogP) is 2.97. The second-order valence-corrected chi connectivity index (χ2v) is 4.98. The van der Waals surface area contributed by atoms with Crippen LogP contribution in [0.4, 0.5) is 4.39 Å². The Morgan fingerprint density at radius 2 is 2.25 bits per heavy atom. The average Bonchev–Trinajstić information content (AvgIpc) is 3.22. The van der Waals surface area contributed by atoms with Gasteiger partial charge < -0.3 is 10.1 Å². The fourth-order valence-corrected chi connectivity index (χ4v) is 1.87. The first-order valence-corrected chi connectivity index (χ1v) is 6.70. The van der Waals surface area contributed by atoms with Crippen molar-refractivity contribution < 1.29 is 9.13 Å². The van der Waals surface area contributed by atoms with Crippen LogP contribution in [0.15, 0.2) is 30.5 Å². The maximum Gasteiger partial charge on any atom is 0.322 e. The van der Waals surface area contributed by atoms with Gasteiger partial charge in [-0.1, -0.05) is 6.07 Å². The molecule has 1 fully saturated rings. The number of nitrogens with zero attached hydrogens (tertiary/aromatic N) is 2. The highest BCUT2D eigenvalue weighted by Gasteiger charge is 2.20. The van der Waals surface area contributed by atoms with Gasteiger partial charge in [0.25, 0.3) is 0 Å². The molecule has 0 atom stereocenters. The van der Waals surface area contributed by atoms with Crippen LogP contribution in [0.5, 0.6) is 11.8 Å². The van der Waals surface area contributed by atoms with Gasteiger partial charge >= 0.3 is 6.01 Å². The lowest BCUT2D eigenvalue weighted by atomic mass is 10.2. The molecular formula is C15H16FN3O. The van der Waals surface area contributed by atoms with Crippen LogP contribution in [-0.2, 0) is 6.54 Å². The van der Waals surface area contributed by atoms with Gasteiger partial charge in [-0.2, -0.15) is 4.98 Å². The molecule has 1 aromatic carbocycles. The van der Waals surface area contributed by atoms with E-state index in [1.54, 1.807) is 18.3 Å². The monoisotopic (exact) mass is 273 g/mol. The largest absolute Gasteiger partial charge is 0.424 e. The van der Waals surface area contributed by atoms with Gasteiger partial charge in [0, 0.05) is 36.1 Å². The molecule has 3 rings (SSSR count). The Balaban J connectivity index is 1.69. The molecule has 4 nitrogen and oxygen atoms in total. The van der Waals surface area contributed by atoms with Crippen LogP contribution in [-0.4, -0.2) is 16.0 Å². The standard InChI is InChI=1S/C15H16FN3O/c1-10-11(8-17-13-5-6-13)9-18-15(19-10)20-14-4-2-3-12(16)7-14/h2-4,7,9,13,17H,5-6,8H2,1H3. The van der Waals surface area contributed by atoms with Crippen molar-refractivity contribution in [2.45, 2.75) is 32.4 Å². The van der Waals surface area contributed by atoms with Crippen LogP contribution < -0.4 is 10.1 Å². The van der Waals surface area contributed by atoms with Crippen LogP contribution in [0.25, 0.3) is 0 Å². The Labute approximate surface area is 117 Å². The SMILES string of the molecule is Cc1nc(Oc2cccc(F)c2)ncc1CNC1CC1. The number of hydrogen-bond donors (Lipinski definition) is 1. The topological polar surface area (TPSA) is 47.0 Å². The first-order valence-electron chi connectivity index (χ1n) is 6.70. The van der Waals surface area contributed by atoms with Crippen molar-refractivity contribution in [1.29, 1.82) is 0 Å². The number of hydrogen-bond acceptors (Lipinski definition) is 4. The minimum absolute atomic E-state index is 0.239. The van der Waals surface area contributed by atoms with Crippen LogP contribution in [0.1, 0.15) is 24.1 Å². The fourth-order valence-electron chi connectivity index (χ4n) is 1.87. The summed E-state index contributed by atoms with van der Waals surface area (Å²) >= 11 is 0. The summed E-state index contributed by atoms with van der Waals surface area (Å²) in [5.74, 6) is 0.0535. The van der Waals surface area contributed by atoms with Crippen molar-refractivity contribution in [2.75, 3.05) is 0 Å². The molecule has 0 unspecified atom stereocenters. The van der Waals surface area contributed by atoms with Gasteiger partial charge in [0.1, 0.15) is 11.6 Å². The van der Waals surface area contributed by atoms with E-state index in [1.165, 1.54) is 25.0 Å². The zero-order valence-electron chi connectivity index (χ0n) is 11.3. The molecule has 0 aliphatic heterocycles. The molecule has 1 aliphatic rings. The summed E-state index contributed by atoms with van der Waals surface area (Å²) in [4.78, 5) is 8.47. The van der Waals surface area contributed by atoms with Crippen molar-refractivity contribution in [3.63, 3.8) is 0 Å². The first kappa shape index (κ1) is 13.0. The molecule has 5 heteroatoms. The van der Waals surface area contributed by atoms with Crippen molar-refractivity contribution in [3.05, 3.63) is 47.5 Å². The number of ether oxygens (including phenoxy) is 1. The molecule has 1 N–H and O–H groups in total. The number of benzene rings is 1. The van der Waals surface area contributed by atoms with E-state index in [1.807, 2.05) is 6.92 Å². The van der Waals surface area contributed by atoms with E-state index in [0.29, 0.717) is 11.8 Å². The molecule has 0 amide bonds. The molecule has 0 saturated heterocycles. The molecule has 20 heavy (non-hydrogen) atoms. The van der Waals surface area contributed by atoms with E-state index >= 15 is 0 Å². The normalized spacial score (nSPS) is 14.3. The summed E-state index contributed by atoms with van der Waals surface area (Å²) in [7, 11) is 0. The summed E-state index contributed by atoms with van der Waals surface area (Å²) in [6.45, 7) is 2.70. The van der Waals surface area contributed by atoms with Gasteiger partial charge in [-0.3, -0.25) is 0 Å². The summed E-state index contributed by atoms with van der Waals surface area (Å²) in [5.41, 5.74) is 1.93. The number of halogens is 1. The van der Waals surface area contributed by atoms with Gasteiger partial charge in [0.2, 0.25) is 0 Å². The zero-order chi connectivity index (χ0) is 13.9. The van der Waals surface area contributed by atoms with Crippen LogP contribution in [0.2, 0.25) is 0 Å². The lowest BCUT2D eigenvalue weighted by molar-refractivity contribution is 0.435. The van der Waals surface area contributed by atoms with E-state index in [0.717, 1.165) is 17.8 Å². The molecular weight excluding hydrogens is 257 g/mol. The molecule has 0 spiro atoms. The van der Waals surface area contributed by atoms with Crippen molar-refractivity contribution in [3.8, 4) is 11.8 Å². The molecule has 1 aliphatic carbocycles. The maximum atomic E-state index is 13.1. The number of nitrogens with one attached hydrogen (secondary N) is 1. The van der Waals surface area contributed by atoms with E-state index in [9.17, 15) is 4.39 Å². The minimum Gasteiger partial charge on any atom is -0.424 e. The lowest BCUT2D eigenvalue weighted by Gasteiger charge is -2.08. The Hall–Kier alpha value is -2.01. The van der Waals surface area contributed by atoms with Gasteiger partial charge in [-0.25, -0.2) is 9.37 Å². The smallest absolute Gasteiger partial charge is 0.322 e. The summed E-state index contributed by atoms with van der Waals surface area (Å²) < 4.78 is 18.5. The highest BCUT2D eigenvalue weighted by Crippen LogP contribution is 2.21. The molecule has 104 valence electrons. The number of rotatable bonds is 5. The Morgan fingerprint density at radius 3 is 2.95 bits per heavy atom. The van der Waals surface area contributed by atoms with Gasteiger partial charge in [0.05, 0.1) is 0 Å². The van der Waals surface area contributed by atoms with Crippen molar-refractivity contribution in [1.82, 2.24) is 15.3 Å². The second-order valence-electron chi connectivity index (χ2n) is 4.98. The Bertz CT molecular complexity index is 614. The van der Waals surface area contributed by atoms with Gasteiger partial charge in [-0.15, -0.1) is 0 Å². The van der Waals surface area contributed by atoms with E-state index in [2.05, 4.69) is 15.3 Å². The first-order chi connectivity index (χ1) is 9.70. The van der Waals surface area contributed by atoms with E-state index < -0.39 is 0 Å². The summed E-state index contributed by atoms with van der Waals surface area (Å²) in [5, 5.41) is 3.42. The fraction of sp³-hybridized carbons (Fsp3) is 0.333. The van der Waals surface area contributed by atoms with Crippen LogP contribution >= 0.6 is 0 Å². The molecule has 0 bridgehead atoms. The lowest BCUT2D eigenvalue weighted by Crippen LogP contribution is -2.16. The number of aryl methyl sites for hydroxylation is 1. The maximum absolute atomic E-state index is 13.1. The van der Waals surface area contributed by atoms with Gasteiger partial charge in [0.15, 0.2) is 0 Å². The Morgan fingerprint density at radius 1 is 1.40 bits per heavy atom. The van der Waals surface area contributed by atoms with Crippen LogP contribution in [0, 0.1) is 12.7 Å². The third-order valence-electron chi connectivity index (χ3n) is 3.22. The quantitative estimate of drug-likeness (QED) is 0.909. The highest BCUT2D eigenvalue weighted by atomic mass is 19.1. The van der Waals surface area contributed by atoms with Crippen molar-refractivity contribution >= 4 is 0 Å². The van der Waals surface area contributed by atoms with Crippen LogP contribution in [0.3, 0.4) is 0 Å². The third kappa shape index (κ3) is 3.30. The molecule has 2 aromatic rings. The molecule has 1 heterocycles. The average molecular weight is 273 g/mol. The summed E-state index contributed by atoms with van der Waals surface area (Å²) in [6.07, 6.45) is 4.26. The second kappa shape index (κ2) is 5.54. The highest BCUT2D eigenvalue weighted by molar-refractivity contribution is 5.26. The molecule has 0 radical (unpaired) electrons. The molecule has 1 saturated carbocycles. The zero-order valence-corrected chi connectivity index (χ0v) is 11.3.